The van der Waals surface area contributed by atoms with Crippen molar-refractivity contribution in [3.63, 3.8) is 0 Å². The summed E-state index contributed by atoms with van der Waals surface area (Å²) in [5.74, 6) is -3.94. The van der Waals surface area contributed by atoms with Gasteiger partial charge in [0.15, 0.2) is 0 Å². The first-order valence-corrected chi connectivity index (χ1v) is 7.28. The van der Waals surface area contributed by atoms with Crippen molar-refractivity contribution in [1.82, 2.24) is 0 Å². The molecule has 0 heterocycles. The topological polar surface area (TPSA) is 89.3 Å². The number of halogens is 2. The molecule has 0 saturated carbocycles. The number of anilines is 1. The zero-order chi connectivity index (χ0) is 15.6. The number of rotatable bonds is 6. The molecule has 112 valence electrons. The van der Waals surface area contributed by atoms with E-state index in [-0.39, 0.29) is 6.42 Å². The highest BCUT2D eigenvalue weighted by Gasteiger charge is 2.26. The van der Waals surface area contributed by atoms with E-state index in [0.29, 0.717) is 5.69 Å². The SMILES string of the molecule is CC(C)(CC(N)=O)Nc1ccc(S(=O)(=O)C(F)F)cc1. The van der Waals surface area contributed by atoms with E-state index in [9.17, 15) is 22.0 Å². The fourth-order valence-corrected chi connectivity index (χ4v) is 2.42. The second-order valence-corrected chi connectivity index (χ2v) is 6.90. The Balaban J connectivity index is 2.90. The summed E-state index contributed by atoms with van der Waals surface area (Å²) in [6.45, 7) is 3.48. The molecule has 1 aromatic carbocycles. The molecule has 0 atom stereocenters. The van der Waals surface area contributed by atoms with Gasteiger partial charge in [-0.1, -0.05) is 0 Å². The lowest BCUT2D eigenvalue weighted by Gasteiger charge is -2.26. The van der Waals surface area contributed by atoms with E-state index in [0.717, 1.165) is 12.1 Å². The third-order valence-electron chi connectivity index (χ3n) is 2.52. The molecule has 1 rings (SSSR count). The molecule has 0 fully saturated rings. The van der Waals surface area contributed by atoms with E-state index in [4.69, 9.17) is 5.73 Å². The lowest BCUT2D eigenvalue weighted by molar-refractivity contribution is -0.118. The maximum Gasteiger partial charge on any atom is 0.341 e. The standard InChI is InChI=1S/C12H16F2N2O3S/c1-12(2,7-10(15)17)16-8-3-5-9(6-4-8)20(18,19)11(13)14/h3-6,11,16H,7H2,1-2H3,(H2,15,17). The van der Waals surface area contributed by atoms with E-state index in [2.05, 4.69) is 5.32 Å². The summed E-state index contributed by atoms with van der Waals surface area (Å²) in [6.07, 6.45) is 0.0735. The van der Waals surface area contributed by atoms with Crippen LogP contribution in [0.15, 0.2) is 29.2 Å². The van der Waals surface area contributed by atoms with Gasteiger partial charge in [0.2, 0.25) is 15.7 Å². The number of carbonyl (C=O) groups excluding carboxylic acids is 1. The Hall–Kier alpha value is -1.70. The first-order chi connectivity index (χ1) is 9.04. The first kappa shape index (κ1) is 16.4. The average molecular weight is 306 g/mol. The van der Waals surface area contributed by atoms with Gasteiger partial charge in [-0.25, -0.2) is 8.42 Å². The normalized spacial score (nSPS) is 12.4. The van der Waals surface area contributed by atoms with Gasteiger partial charge in [0.05, 0.1) is 4.90 Å². The molecule has 1 aromatic rings. The number of sulfone groups is 1. The number of primary amides is 1. The van der Waals surface area contributed by atoms with Crippen molar-refractivity contribution < 1.29 is 22.0 Å². The summed E-state index contributed by atoms with van der Waals surface area (Å²) >= 11 is 0. The minimum atomic E-state index is -4.59. The van der Waals surface area contributed by atoms with Crippen molar-refractivity contribution in [3.8, 4) is 0 Å². The maximum atomic E-state index is 12.4. The molecular weight excluding hydrogens is 290 g/mol. The lowest BCUT2D eigenvalue weighted by Crippen LogP contribution is -2.35. The van der Waals surface area contributed by atoms with Crippen molar-refractivity contribution in [2.75, 3.05) is 5.32 Å². The van der Waals surface area contributed by atoms with Gasteiger partial charge in [0, 0.05) is 17.6 Å². The van der Waals surface area contributed by atoms with E-state index >= 15 is 0 Å². The molecule has 0 radical (unpaired) electrons. The maximum absolute atomic E-state index is 12.4. The third-order valence-corrected chi connectivity index (χ3v) is 3.91. The molecule has 0 bridgehead atoms. The van der Waals surface area contributed by atoms with Crippen LogP contribution < -0.4 is 11.1 Å². The highest BCUT2D eigenvalue weighted by molar-refractivity contribution is 7.91. The number of benzene rings is 1. The largest absolute Gasteiger partial charge is 0.380 e. The van der Waals surface area contributed by atoms with E-state index in [1.807, 2.05) is 0 Å². The van der Waals surface area contributed by atoms with Crippen LogP contribution in [0.4, 0.5) is 14.5 Å². The average Bonchev–Trinajstić information content (AvgIpc) is 2.26. The summed E-state index contributed by atoms with van der Waals surface area (Å²) in [4.78, 5) is 10.4. The monoisotopic (exact) mass is 306 g/mol. The van der Waals surface area contributed by atoms with Crippen LogP contribution in [0.5, 0.6) is 0 Å². The van der Waals surface area contributed by atoms with Gasteiger partial charge in [-0.15, -0.1) is 0 Å². The number of carbonyl (C=O) groups is 1. The highest BCUT2D eigenvalue weighted by atomic mass is 32.2. The van der Waals surface area contributed by atoms with Crippen molar-refractivity contribution >= 4 is 21.4 Å². The molecule has 0 aliphatic rings. The molecule has 0 aliphatic carbocycles. The third kappa shape index (κ3) is 4.16. The summed E-state index contributed by atoms with van der Waals surface area (Å²) in [6, 6.07) is 4.89. The number of alkyl halides is 2. The van der Waals surface area contributed by atoms with Gasteiger partial charge in [-0.3, -0.25) is 4.79 Å². The summed E-state index contributed by atoms with van der Waals surface area (Å²) in [5.41, 5.74) is 4.98. The van der Waals surface area contributed by atoms with E-state index in [1.165, 1.54) is 12.1 Å². The van der Waals surface area contributed by atoms with Crippen LogP contribution in [-0.4, -0.2) is 25.6 Å². The van der Waals surface area contributed by atoms with Gasteiger partial charge in [0.1, 0.15) is 0 Å². The van der Waals surface area contributed by atoms with Crippen LogP contribution in [0.1, 0.15) is 20.3 Å². The Kier molecular flexibility index (Phi) is 4.69. The minimum Gasteiger partial charge on any atom is -0.380 e. The number of hydrogen-bond acceptors (Lipinski definition) is 4. The predicted molar refractivity (Wildman–Crippen MR) is 71.1 cm³/mol. The lowest BCUT2D eigenvalue weighted by atomic mass is 10.00. The minimum absolute atomic E-state index is 0.0735. The quantitative estimate of drug-likeness (QED) is 0.838. The number of hydrogen-bond donors (Lipinski definition) is 2. The second kappa shape index (κ2) is 5.74. The summed E-state index contributed by atoms with van der Waals surface area (Å²) < 4.78 is 47.2. The summed E-state index contributed by atoms with van der Waals surface area (Å²) in [7, 11) is -4.59. The number of amides is 1. The van der Waals surface area contributed by atoms with Crippen LogP contribution in [0.2, 0.25) is 0 Å². The fraction of sp³-hybridized carbons (Fsp3) is 0.417. The molecule has 0 unspecified atom stereocenters. The molecular formula is C12H16F2N2O3S. The Morgan fingerprint density at radius 1 is 1.30 bits per heavy atom. The van der Waals surface area contributed by atoms with Crippen LogP contribution in [0, 0.1) is 0 Å². The second-order valence-electron chi connectivity index (χ2n) is 4.98. The number of nitrogens with two attached hydrogens (primary N) is 1. The Labute approximate surface area is 116 Å². The Morgan fingerprint density at radius 3 is 2.20 bits per heavy atom. The van der Waals surface area contributed by atoms with Crippen LogP contribution >= 0.6 is 0 Å². The predicted octanol–water partition coefficient (Wildman–Crippen LogP) is 1.75. The zero-order valence-electron chi connectivity index (χ0n) is 11.1. The highest BCUT2D eigenvalue weighted by Crippen LogP contribution is 2.22. The molecule has 1 amide bonds. The van der Waals surface area contributed by atoms with Gasteiger partial charge in [-0.2, -0.15) is 8.78 Å². The molecule has 5 nitrogen and oxygen atoms in total. The van der Waals surface area contributed by atoms with Crippen molar-refractivity contribution in [1.29, 1.82) is 0 Å². The molecule has 0 aromatic heterocycles. The summed E-state index contributed by atoms with van der Waals surface area (Å²) in [5, 5.41) is 2.97. The van der Waals surface area contributed by atoms with Gasteiger partial charge in [-0.05, 0) is 38.1 Å². The smallest absolute Gasteiger partial charge is 0.341 e. The Bertz CT molecular complexity index is 583. The van der Waals surface area contributed by atoms with Gasteiger partial charge in [0.25, 0.3) is 0 Å². The first-order valence-electron chi connectivity index (χ1n) is 5.73. The van der Waals surface area contributed by atoms with Crippen LogP contribution in [-0.2, 0) is 14.6 Å². The zero-order valence-corrected chi connectivity index (χ0v) is 11.9. The van der Waals surface area contributed by atoms with Crippen LogP contribution in [0.25, 0.3) is 0 Å². The van der Waals surface area contributed by atoms with E-state index in [1.54, 1.807) is 13.8 Å². The molecule has 0 aliphatic heterocycles. The van der Waals surface area contributed by atoms with Gasteiger partial charge < -0.3 is 11.1 Å². The number of nitrogens with one attached hydrogen (secondary N) is 1. The molecule has 3 N–H and O–H groups in total. The van der Waals surface area contributed by atoms with Gasteiger partial charge >= 0.3 is 5.76 Å². The Morgan fingerprint density at radius 2 is 1.80 bits per heavy atom. The molecule has 20 heavy (non-hydrogen) atoms. The van der Waals surface area contributed by atoms with Crippen molar-refractivity contribution in [2.24, 2.45) is 5.73 Å². The van der Waals surface area contributed by atoms with Crippen molar-refractivity contribution in [2.45, 2.75) is 36.5 Å². The molecule has 0 spiro atoms. The van der Waals surface area contributed by atoms with E-state index < -0.39 is 31.9 Å². The molecule has 0 saturated heterocycles. The van der Waals surface area contributed by atoms with Crippen LogP contribution in [0.3, 0.4) is 0 Å². The molecule has 8 heteroatoms. The fourth-order valence-electron chi connectivity index (χ4n) is 1.70. The van der Waals surface area contributed by atoms with Crippen molar-refractivity contribution in [3.05, 3.63) is 24.3 Å².